The third-order valence-electron chi connectivity index (χ3n) is 5.37. The Morgan fingerprint density at radius 3 is 2.43 bits per heavy atom. The molecule has 0 fully saturated rings. The van der Waals surface area contributed by atoms with E-state index in [-0.39, 0.29) is 11.2 Å². The van der Waals surface area contributed by atoms with Crippen LogP contribution in [-0.4, -0.2) is 24.3 Å². The molecule has 0 bridgehead atoms. The van der Waals surface area contributed by atoms with Crippen molar-refractivity contribution >= 4 is 17.7 Å². The molecule has 1 heterocycles. The van der Waals surface area contributed by atoms with Crippen LogP contribution in [0.15, 0.2) is 46.8 Å². The Morgan fingerprint density at radius 2 is 1.83 bits per heavy atom. The molecule has 0 amide bonds. The average molecular weight is 411 g/mol. The summed E-state index contributed by atoms with van der Waals surface area (Å²) in [5.74, 6) is -0.878. The number of rotatable bonds is 5. The molecule has 6 nitrogen and oxygen atoms in total. The van der Waals surface area contributed by atoms with Gasteiger partial charge in [0.25, 0.3) is 0 Å². The van der Waals surface area contributed by atoms with E-state index in [1.54, 1.807) is 24.3 Å². The highest BCUT2D eigenvalue weighted by molar-refractivity contribution is 6.04. The van der Waals surface area contributed by atoms with Gasteiger partial charge in [-0.25, -0.2) is 4.79 Å². The second-order valence-electron chi connectivity index (χ2n) is 8.73. The first-order valence-corrected chi connectivity index (χ1v) is 10.3. The van der Waals surface area contributed by atoms with E-state index in [4.69, 9.17) is 9.47 Å². The van der Waals surface area contributed by atoms with Gasteiger partial charge in [0, 0.05) is 36.2 Å². The van der Waals surface area contributed by atoms with Gasteiger partial charge in [-0.15, -0.1) is 0 Å². The predicted molar refractivity (Wildman–Crippen MR) is 113 cm³/mol. The Hall–Kier alpha value is -2.89. The number of hydrogen-bond donors (Lipinski definition) is 1. The van der Waals surface area contributed by atoms with Crippen LogP contribution in [0.2, 0.25) is 0 Å². The summed E-state index contributed by atoms with van der Waals surface area (Å²) >= 11 is 0. The van der Waals surface area contributed by atoms with Crippen molar-refractivity contribution in [3.05, 3.63) is 52.4 Å². The van der Waals surface area contributed by atoms with Crippen molar-refractivity contribution in [3.63, 3.8) is 0 Å². The number of ketones is 1. The van der Waals surface area contributed by atoms with Gasteiger partial charge in [-0.1, -0.05) is 32.9 Å². The highest BCUT2D eigenvalue weighted by Crippen LogP contribution is 2.46. The molecule has 0 unspecified atom stereocenters. The molecule has 3 rings (SSSR count). The van der Waals surface area contributed by atoms with Crippen LogP contribution in [0.1, 0.15) is 65.4 Å². The second-order valence-corrected chi connectivity index (χ2v) is 8.73. The number of hydrogen-bond acceptors (Lipinski definition) is 6. The van der Waals surface area contributed by atoms with Crippen molar-refractivity contribution in [1.29, 1.82) is 0 Å². The molecule has 1 N–H and O–H groups in total. The largest absolute Gasteiger partial charge is 0.462 e. The van der Waals surface area contributed by atoms with Gasteiger partial charge < -0.3 is 14.8 Å². The summed E-state index contributed by atoms with van der Waals surface area (Å²) in [5, 5.41) is 3.32. The lowest BCUT2D eigenvalue weighted by Crippen LogP contribution is -2.38. The van der Waals surface area contributed by atoms with Crippen molar-refractivity contribution in [2.75, 3.05) is 6.61 Å². The van der Waals surface area contributed by atoms with E-state index >= 15 is 0 Å². The second kappa shape index (κ2) is 8.46. The fraction of sp³-hybridized carbons (Fsp3) is 0.458. The molecular weight excluding hydrogens is 382 g/mol. The maximum absolute atomic E-state index is 13.2. The van der Waals surface area contributed by atoms with Crippen LogP contribution in [0.4, 0.5) is 0 Å². The lowest BCUT2D eigenvalue weighted by Gasteiger charge is -2.39. The Labute approximate surface area is 177 Å². The van der Waals surface area contributed by atoms with Crippen LogP contribution < -0.4 is 10.1 Å². The molecule has 0 aromatic heterocycles. The average Bonchev–Trinajstić information content (AvgIpc) is 2.64. The number of nitrogens with one attached hydrogen (secondary N) is 1. The lowest BCUT2D eigenvalue weighted by molar-refractivity contribution is -0.139. The standard InChI is InChI=1S/C24H29NO5/c1-6-11-29-23(28)20-14(2)25-18-12-24(4,5)13-19(27)22(18)21(20)16-7-9-17(10-8-16)30-15(3)26/h7-10,21,25H,6,11-13H2,1-5H3/t21-/m0/s1. The van der Waals surface area contributed by atoms with E-state index in [1.165, 1.54) is 6.92 Å². The first-order valence-electron chi connectivity index (χ1n) is 10.3. The van der Waals surface area contributed by atoms with Crippen LogP contribution in [0, 0.1) is 5.41 Å². The van der Waals surface area contributed by atoms with Crippen LogP contribution in [0.5, 0.6) is 5.75 Å². The van der Waals surface area contributed by atoms with E-state index in [1.807, 2.05) is 13.8 Å². The Morgan fingerprint density at radius 1 is 1.17 bits per heavy atom. The Bertz CT molecular complexity index is 937. The number of carbonyl (C=O) groups is 3. The number of ether oxygens (including phenoxy) is 2. The number of Topliss-reactive ketones (excluding diaryl/α,β-unsaturated/α-hetero) is 1. The van der Waals surface area contributed by atoms with Crippen molar-refractivity contribution in [3.8, 4) is 5.75 Å². The minimum atomic E-state index is -0.513. The number of esters is 2. The Kier molecular flexibility index (Phi) is 6.15. The summed E-state index contributed by atoms with van der Waals surface area (Å²) in [4.78, 5) is 37.4. The molecule has 1 aromatic rings. The van der Waals surface area contributed by atoms with E-state index in [0.29, 0.717) is 42.0 Å². The van der Waals surface area contributed by atoms with Crippen LogP contribution in [0.3, 0.4) is 0 Å². The summed E-state index contributed by atoms with van der Waals surface area (Å²) in [6, 6.07) is 6.96. The molecule has 160 valence electrons. The summed E-state index contributed by atoms with van der Waals surface area (Å²) < 4.78 is 10.6. The quantitative estimate of drug-likeness (QED) is 0.579. The highest BCUT2D eigenvalue weighted by atomic mass is 16.5. The molecule has 1 atom stereocenters. The van der Waals surface area contributed by atoms with E-state index < -0.39 is 17.9 Å². The smallest absolute Gasteiger partial charge is 0.336 e. The third kappa shape index (κ3) is 4.48. The number of carbonyl (C=O) groups excluding carboxylic acids is 3. The normalized spacial score (nSPS) is 20.4. The van der Waals surface area contributed by atoms with E-state index in [2.05, 4.69) is 19.2 Å². The number of benzene rings is 1. The molecule has 1 aliphatic carbocycles. The van der Waals surface area contributed by atoms with Gasteiger partial charge in [0.2, 0.25) is 0 Å². The Balaban J connectivity index is 2.09. The molecular formula is C24H29NO5. The van der Waals surface area contributed by atoms with Gasteiger partial charge in [0.15, 0.2) is 5.78 Å². The van der Waals surface area contributed by atoms with Crippen molar-refractivity contribution in [1.82, 2.24) is 5.32 Å². The van der Waals surface area contributed by atoms with E-state index in [9.17, 15) is 14.4 Å². The molecule has 1 aliphatic heterocycles. The van der Waals surface area contributed by atoms with Crippen molar-refractivity contribution < 1.29 is 23.9 Å². The molecule has 0 radical (unpaired) electrons. The maximum atomic E-state index is 13.2. The molecule has 1 aromatic carbocycles. The van der Waals surface area contributed by atoms with Crippen LogP contribution in [0.25, 0.3) is 0 Å². The minimum absolute atomic E-state index is 0.0381. The first-order chi connectivity index (χ1) is 14.1. The number of allylic oxidation sites excluding steroid dienone is 3. The van der Waals surface area contributed by atoms with Crippen molar-refractivity contribution in [2.45, 2.75) is 59.8 Å². The monoisotopic (exact) mass is 411 g/mol. The number of dihydropyridines is 1. The van der Waals surface area contributed by atoms with Gasteiger partial charge in [0.05, 0.1) is 12.2 Å². The summed E-state index contributed by atoms with van der Waals surface area (Å²) in [5.41, 5.74) is 3.30. The zero-order valence-electron chi connectivity index (χ0n) is 18.3. The van der Waals surface area contributed by atoms with Gasteiger partial charge in [0.1, 0.15) is 5.75 Å². The SMILES string of the molecule is CCCOC(=O)C1=C(C)NC2=C(C(=O)CC(C)(C)C2)[C@H]1c1ccc(OC(C)=O)cc1. The first kappa shape index (κ1) is 21.8. The highest BCUT2D eigenvalue weighted by Gasteiger charge is 2.43. The van der Waals surface area contributed by atoms with E-state index in [0.717, 1.165) is 17.7 Å². The van der Waals surface area contributed by atoms with Crippen LogP contribution >= 0.6 is 0 Å². The molecule has 0 saturated carbocycles. The van der Waals surface area contributed by atoms with Crippen molar-refractivity contribution in [2.24, 2.45) is 5.41 Å². The molecule has 30 heavy (non-hydrogen) atoms. The zero-order valence-corrected chi connectivity index (χ0v) is 18.3. The van der Waals surface area contributed by atoms with Gasteiger partial charge in [-0.3, -0.25) is 9.59 Å². The van der Waals surface area contributed by atoms with Gasteiger partial charge >= 0.3 is 11.9 Å². The van der Waals surface area contributed by atoms with Gasteiger partial charge in [-0.05, 0) is 42.9 Å². The zero-order chi connectivity index (χ0) is 22.1. The minimum Gasteiger partial charge on any atom is -0.462 e. The summed E-state index contributed by atoms with van der Waals surface area (Å²) in [7, 11) is 0. The van der Waals surface area contributed by atoms with Gasteiger partial charge in [-0.2, -0.15) is 0 Å². The third-order valence-corrected chi connectivity index (χ3v) is 5.37. The molecule has 2 aliphatic rings. The summed E-state index contributed by atoms with van der Waals surface area (Å²) in [6.45, 7) is 9.59. The fourth-order valence-electron chi connectivity index (χ4n) is 4.21. The maximum Gasteiger partial charge on any atom is 0.336 e. The topological polar surface area (TPSA) is 81.7 Å². The molecule has 0 spiro atoms. The lowest BCUT2D eigenvalue weighted by atomic mass is 9.68. The summed E-state index contributed by atoms with van der Waals surface area (Å²) in [6.07, 6.45) is 1.87. The molecule has 0 saturated heterocycles. The predicted octanol–water partition coefficient (Wildman–Crippen LogP) is 4.17. The molecule has 6 heteroatoms. The van der Waals surface area contributed by atoms with Crippen LogP contribution in [-0.2, 0) is 19.1 Å². The fourth-order valence-corrected chi connectivity index (χ4v) is 4.21.